The van der Waals surface area contributed by atoms with E-state index in [1.807, 2.05) is 6.92 Å². The summed E-state index contributed by atoms with van der Waals surface area (Å²) in [5, 5.41) is 8.55. The van der Waals surface area contributed by atoms with Crippen molar-refractivity contribution in [3.63, 3.8) is 0 Å². The minimum atomic E-state index is -0.410. The van der Waals surface area contributed by atoms with Crippen LogP contribution in [-0.2, 0) is 4.65 Å². The molecule has 0 aliphatic carbocycles. The SMILES string of the molecule is C=C(CC)C(C)CC(C)C(Cl)OBO. The van der Waals surface area contributed by atoms with Gasteiger partial charge in [0, 0.05) is 0 Å². The molecule has 3 atom stereocenters. The summed E-state index contributed by atoms with van der Waals surface area (Å²) in [6.45, 7) is 10.3. The number of hydrogen-bond donors (Lipinski definition) is 1. The van der Waals surface area contributed by atoms with Crippen molar-refractivity contribution in [2.75, 3.05) is 0 Å². The van der Waals surface area contributed by atoms with Crippen LogP contribution in [0.1, 0.15) is 33.6 Å². The number of hydrogen-bond acceptors (Lipinski definition) is 2. The van der Waals surface area contributed by atoms with Crippen molar-refractivity contribution in [2.24, 2.45) is 11.8 Å². The predicted molar refractivity (Wildman–Crippen MR) is 62.5 cm³/mol. The fraction of sp³-hybridized carbons (Fsp3) is 0.800. The van der Waals surface area contributed by atoms with Gasteiger partial charge < -0.3 is 9.68 Å². The van der Waals surface area contributed by atoms with E-state index in [9.17, 15) is 0 Å². The van der Waals surface area contributed by atoms with E-state index in [4.69, 9.17) is 21.3 Å². The van der Waals surface area contributed by atoms with Gasteiger partial charge in [-0.1, -0.05) is 44.5 Å². The van der Waals surface area contributed by atoms with Gasteiger partial charge in [-0.25, -0.2) is 0 Å². The molecule has 0 radical (unpaired) electrons. The highest BCUT2D eigenvalue weighted by molar-refractivity contribution is 6.24. The fourth-order valence-electron chi connectivity index (χ4n) is 1.42. The third kappa shape index (κ3) is 5.04. The first kappa shape index (κ1) is 14.0. The van der Waals surface area contributed by atoms with Crippen LogP contribution in [0.3, 0.4) is 0 Å². The van der Waals surface area contributed by atoms with Crippen molar-refractivity contribution in [3.05, 3.63) is 12.2 Å². The first-order chi connectivity index (χ1) is 6.52. The van der Waals surface area contributed by atoms with Crippen LogP contribution in [0.25, 0.3) is 0 Å². The molecule has 0 aromatic rings. The molecular weight excluding hydrogens is 198 g/mol. The summed E-state index contributed by atoms with van der Waals surface area (Å²) in [6.07, 6.45) is 1.95. The van der Waals surface area contributed by atoms with Gasteiger partial charge in [-0.15, -0.1) is 0 Å². The van der Waals surface area contributed by atoms with Gasteiger partial charge in [0.1, 0.15) is 5.56 Å². The Bertz CT molecular complexity index is 176. The molecule has 0 fully saturated rings. The molecule has 4 heteroatoms. The van der Waals surface area contributed by atoms with Gasteiger partial charge in [0.15, 0.2) is 0 Å². The molecule has 1 N–H and O–H groups in total. The molecule has 0 bridgehead atoms. The Morgan fingerprint density at radius 1 is 1.57 bits per heavy atom. The summed E-state index contributed by atoms with van der Waals surface area (Å²) in [6, 6.07) is 0. The first-order valence-corrected chi connectivity index (χ1v) is 5.50. The molecule has 0 saturated carbocycles. The molecule has 0 amide bonds. The maximum absolute atomic E-state index is 8.55. The van der Waals surface area contributed by atoms with Crippen molar-refractivity contribution >= 4 is 19.3 Å². The molecule has 0 spiro atoms. The predicted octanol–water partition coefficient (Wildman–Crippen LogP) is 2.46. The van der Waals surface area contributed by atoms with Gasteiger partial charge in [0.25, 0.3) is 0 Å². The van der Waals surface area contributed by atoms with Gasteiger partial charge in [-0.3, -0.25) is 0 Å². The van der Waals surface area contributed by atoms with Crippen LogP contribution < -0.4 is 0 Å². The summed E-state index contributed by atoms with van der Waals surface area (Å²) in [7, 11) is -0.318. The zero-order valence-corrected chi connectivity index (χ0v) is 10.0. The Kier molecular flexibility index (Phi) is 7.33. The molecule has 2 nitrogen and oxygen atoms in total. The number of alkyl halides is 1. The zero-order valence-electron chi connectivity index (χ0n) is 9.29. The van der Waals surface area contributed by atoms with Gasteiger partial charge in [0.05, 0.1) is 0 Å². The summed E-state index contributed by atoms with van der Waals surface area (Å²) < 4.78 is 4.91. The van der Waals surface area contributed by atoms with Crippen LogP contribution in [0, 0.1) is 11.8 Å². The standard InChI is InChI=1S/C10H20BClO2/c1-5-7(2)8(3)6-9(4)10(12)14-11-13/h8-11,13H,2,5-6H2,1,3-4H3. The molecule has 0 aliphatic rings. The largest absolute Gasteiger partial charge is 0.436 e. The highest BCUT2D eigenvalue weighted by Crippen LogP contribution is 2.25. The molecule has 0 aliphatic heterocycles. The smallest absolute Gasteiger partial charge is 0.430 e. The molecule has 3 unspecified atom stereocenters. The molecule has 0 heterocycles. The number of rotatable bonds is 7. The molecule has 0 aromatic heterocycles. The Labute approximate surface area is 92.6 Å². The Hall–Kier alpha value is 0.0149. The lowest BCUT2D eigenvalue weighted by Gasteiger charge is -2.22. The highest BCUT2D eigenvalue weighted by atomic mass is 35.5. The third-order valence-corrected chi connectivity index (χ3v) is 3.11. The Balaban J connectivity index is 3.91. The average molecular weight is 219 g/mol. The third-order valence-electron chi connectivity index (χ3n) is 2.56. The van der Waals surface area contributed by atoms with Gasteiger partial charge >= 0.3 is 7.69 Å². The summed E-state index contributed by atoms with van der Waals surface area (Å²) in [5.41, 5.74) is 0.830. The van der Waals surface area contributed by atoms with Crippen LogP contribution in [0.4, 0.5) is 0 Å². The van der Waals surface area contributed by atoms with Crippen LogP contribution in [0.2, 0.25) is 0 Å². The maximum atomic E-state index is 8.55. The minimum Gasteiger partial charge on any atom is -0.430 e. The van der Waals surface area contributed by atoms with E-state index in [-0.39, 0.29) is 13.6 Å². The van der Waals surface area contributed by atoms with E-state index in [2.05, 4.69) is 20.4 Å². The minimum absolute atomic E-state index is 0.224. The van der Waals surface area contributed by atoms with Crippen LogP contribution in [0.5, 0.6) is 0 Å². The highest BCUT2D eigenvalue weighted by Gasteiger charge is 2.18. The molecule has 82 valence electrons. The molecule has 0 aromatic carbocycles. The molecule has 0 rings (SSSR count). The normalized spacial score (nSPS) is 17.2. The van der Waals surface area contributed by atoms with E-state index in [0.29, 0.717) is 5.92 Å². The second-order valence-corrected chi connectivity index (χ2v) is 4.20. The lowest BCUT2D eigenvalue weighted by Crippen LogP contribution is -2.20. The topological polar surface area (TPSA) is 29.5 Å². The van der Waals surface area contributed by atoms with E-state index >= 15 is 0 Å². The van der Waals surface area contributed by atoms with Crippen LogP contribution >= 0.6 is 11.6 Å². The van der Waals surface area contributed by atoms with Gasteiger partial charge in [0.2, 0.25) is 0 Å². The summed E-state index contributed by atoms with van der Waals surface area (Å²) in [5.74, 6) is 0.681. The van der Waals surface area contributed by atoms with Gasteiger partial charge in [-0.05, 0) is 24.7 Å². The maximum Gasteiger partial charge on any atom is 0.436 e. The molecular formula is C10H20BClO2. The Morgan fingerprint density at radius 2 is 2.14 bits per heavy atom. The van der Waals surface area contributed by atoms with Crippen molar-refractivity contribution in [1.82, 2.24) is 0 Å². The van der Waals surface area contributed by atoms with Crippen LogP contribution in [0.15, 0.2) is 12.2 Å². The quantitative estimate of drug-likeness (QED) is 0.404. The van der Waals surface area contributed by atoms with Crippen molar-refractivity contribution in [1.29, 1.82) is 0 Å². The van der Waals surface area contributed by atoms with Gasteiger partial charge in [-0.2, -0.15) is 0 Å². The summed E-state index contributed by atoms with van der Waals surface area (Å²) >= 11 is 5.91. The monoisotopic (exact) mass is 218 g/mol. The van der Waals surface area contributed by atoms with Crippen molar-refractivity contribution in [2.45, 2.75) is 39.2 Å². The average Bonchev–Trinajstić information content (AvgIpc) is 2.16. The number of halogens is 1. The van der Waals surface area contributed by atoms with E-state index in [1.54, 1.807) is 0 Å². The Morgan fingerprint density at radius 3 is 2.57 bits per heavy atom. The van der Waals surface area contributed by atoms with Crippen LogP contribution in [-0.4, -0.2) is 18.3 Å². The second kappa shape index (κ2) is 7.33. The van der Waals surface area contributed by atoms with E-state index < -0.39 is 5.56 Å². The zero-order chi connectivity index (χ0) is 11.1. The van der Waals surface area contributed by atoms with E-state index in [1.165, 1.54) is 5.57 Å². The lowest BCUT2D eigenvalue weighted by atomic mass is 9.90. The first-order valence-electron chi connectivity index (χ1n) is 5.07. The second-order valence-electron chi connectivity index (χ2n) is 3.77. The van der Waals surface area contributed by atoms with Crippen molar-refractivity contribution in [3.8, 4) is 0 Å². The van der Waals surface area contributed by atoms with Crippen molar-refractivity contribution < 1.29 is 9.68 Å². The lowest BCUT2D eigenvalue weighted by molar-refractivity contribution is 0.186. The molecule has 0 saturated heterocycles. The molecule has 14 heavy (non-hydrogen) atoms. The summed E-state index contributed by atoms with van der Waals surface area (Å²) in [4.78, 5) is 0. The fourth-order valence-corrected chi connectivity index (χ4v) is 1.57. The van der Waals surface area contributed by atoms with E-state index in [0.717, 1.165) is 12.8 Å². The number of allylic oxidation sites excluding steroid dienone is 1.